The number of ether oxygens (including phenoxy) is 1. The van der Waals surface area contributed by atoms with Gasteiger partial charge in [-0.05, 0) is 34.4 Å². The van der Waals surface area contributed by atoms with Gasteiger partial charge < -0.3 is 4.74 Å². The largest absolute Gasteiger partial charge is 0.459 e. The molecule has 0 unspecified atom stereocenters. The molecule has 0 bridgehead atoms. The normalized spacial score (nSPS) is 14.6. The number of thiophene rings is 1. The van der Waals surface area contributed by atoms with Crippen LogP contribution in [-0.2, 0) is 26.2 Å². The van der Waals surface area contributed by atoms with Crippen molar-refractivity contribution in [2.24, 2.45) is 0 Å². The molecule has 3 aromatic carbocycles. The number of esters is 1. The van der Waals surface area contributed by atoms with Gasteiger partial charge in [-0.15, -0.1) is 11.3 Å². The second-order valence-corrected chi connectivity index (χ2v) is 9.30. The van der Waals surface area contributed by atoms with E-state index in [-0.39, 0.29) is 18.0 Å². The van der Waals surface area contributed by atoms with Crippen LogP contribution in [0.25, 0.3) is 20.9 Å². The van der Waals surface area contributed by atoms with Crippen LogP contribution in [0, 0.1) is 0 Å². The Morgan fingerprint density at radius 3 is 2.64 bits per heavy atom. The predicted molar refractivity (Wildman–Crippen MR) is 110 cm³/mol. The van der Waals surface area contributed by atoms with Crippen molar-refractivity contribution in [3.8, 4) is 0 Å². The van der Waals surface area contributed by atoms with Gasteiger partial charge in [-0.25, -0.2) is 8.42 Å². The van der Waals surface area contributed by atoms with Gasteiger partial charge >= 0.3 is 5.97 Å². The van der Waals surface area contributed by atoms with Crippen molar-refractivity contribution in [2.45, 2.75) is 11.5 Å². The monoisotopic (exact) mass is 409 g/mol. The minimum absolute atomic E-state index is 0.119. The zero-order valence-corrected chi connectivity index (χ0v) is 16.3. The maximum absolute atomic E-state index is 12.9. The maximum Gasteiger partial charge on any atom is 0.327 e. The Hall–Kier alpha value is -2.90. The molecular weight excluding hydrogens is 394 g/mol. The lowest BCUT2D eigenvalue weighted by molar-refractivity contribution is -0.143. The Labute approximate surface area is 165 Å². The van der Waals surface area contributed by atoms with Gasteiger partial charge in [0.15, 0.2) is 0 Å². The first-order valence-electron chi connectivity index (χ1n) is 8.71. The smallest absolute Gasteiger partial charge is 0.327 e. The van der Waals surface area contributed by atoms with E-state index in [1.807, 2.05) is 41.8 Å². The Bertz CT molecular complexity index is 1340. The molecule has 2 heterocycles. The summed E-state index contributed by atoms with van der Waals surface area (Å²) in [7, 11) is -3.77. The van der Waals surface area contributed by atoms with Crippen molar-refractivity contribution in [1.82, 2.24) is 0 Å². The Morgan fingerprint density at radius 2 is 1.79 bits per heavy atom. The van der Waals surface area contributed by atoms with Crippen LogP contribution in [0.5, 0.6) is 0 Å². The first-order valence-corrected chi connectivity index (χ1v) is 11.0. The number of nitrogens with zero attached hydrogens (tertiary/aromatic N) is 1. The predicted octanol–water partition coefficient (Wildman–Crippen LogP) is 4.31. The zero-order valence-electron chi connectivity index (χ0n) is 14.7. The lowest BCUT2D eigenvalue weighted by Crippen LogP contribution is -2.33. The van der Waals surface area contributed by atoms with E-state index >= 15 is 0 Å². The lowest BCUT2D eigenvalue weighted by Gasteiger charge is -2.17. The minimum atomic E-state index is -3.77. The second-order valence-electron chi connectivity index (χ2n) is 6.56. The number of hydrogen-bond acceptors (Lipinski definition) is 5. The summed E-state index contributed by atoms with van der Waals surface area (Å²) in [5.74, 6) is -0.580. The summed E-state index contributed by atoms with van der Waals surface area (Å²) in [4.78, 5) is 12.7. The number of sulfonamides is 1. The van der Waals surface area contributed by atoms with Crippen molar-refractivity contribution in [2.75, 3.05) is 10.8 Å². The van der Waals surface area contributed by atoms with E-state index in [2.05, 4.69) is 0 Å². The van der Waals surface area contributed by atoms with Crippen LogP contribution in [0.4, 0.5) is 5.69 Å². The van der Waals surface area contributed by atoms with E-state index in [0.29, 0.717) is 11.1 Å². The fourth-order valence-electron chi connectivity index (χ4n) is 3.59. The van der Waals surface area contributed by atoms with Crippen molar-refractivity contribution in [3.05, 3.63) is 71.6 Å². The Kier molecular flexibility index (Phi) is 3.89. The summed E-state index contributed by atoms with van der Waals surface area (Å²) in [6.45, 7) is -0.230. The van der Waals surface area contributed by atoms with E-state index < -0.39 is 16.0 Å². The van der Waals surface area contributed by atoms with Crippen LogP contribution in [-0.4, -0.2) is 20.9 Å². The topological polar surface area (TPSA) is 63.7 Å². The quantitative estimate of drug-likeness (QED) is 0.471. The van der Waals surface area contributed by atoms with Crippen molar-refractivity contribution >= 4 is 53.9 Å². The molecule has 7 heteroatoms. The average Bonchev–Trinajstić information content (AvgIpc) is 3.21. The summed E-state index contributed by atoms with van der Waals surface area (Å²) < 4.78 is 33.5. The number of benzene rings is 3. The molecule has 0 saturated heterocycles. The standard InChI is InChI=1S/C21H15NO4S2/c23-20(26-12-15-13-27-18-9-2-1-7-16(15)18)11-22-17-8-3-5-14-6-4-10-19(21(14)17)28(22,24)25/h1-10,13H,11-12H2. The summed E-state index contributed by atoms with van der Waals surface area (Å²) in [5.41, 5.74) is 1.44. The highest BCUT2D eigenvalue weighted by molar-refractivity contribution is 7.93. The highest BCUT2D eigenvalue weighted by Crippen LogP contribution is 2.41. The van der Waals surface area contributed by atoms with Gasteiger partial charge in [0.1, 0.15) is 13.2 Å². The number of hydrogen-bond donors (Lipinski definition) is 0. The SMILES string of the molecule is O=C(CN1c2cccc3cccc(c23)S1(=O)=O)OCc1csc2ccccc12. The van der Waals surface area contributed by atoms with Crippen LogP contribution < -0.4 is 4.31 Å². The molecule has 140 valence electrons. The van der Waals surface area contributed by atoms with Crippen LogP contribution in [0.3, 0.4) is 0 Å². The molecule has 1 aliphatic rings. The third kappa shape index (κ3) is 2.58. The molecule has 5 rings (SSSR count). The first-order chi connectivity index (χ1) is 13.6. The second kappa shape index (κ2) is 6.32. The van der Waals surface area contributed by atoms with Crippen molar-refractivity contribution < 1.29 is 17.9 Å². The van der Waals surface area contributed by atoms with E-state index in [9.17, 15) is 13.2 Å². The molecule has 0 atom stereocenters. The molecule has 0 radical (unpaired) electrons. The molecule has 0 fully saturated rings. The third-order valence-electron chi connectivity index (χ3n) is 4.90. The molecule has 28 heavy (non-hydrogen) atoms. The van der Waals surface area contributed by atoms with E-state index in [0.717, 1.165) is 25.3 Å². The molecule has 0 aliphatic carbocycles. The molecule has 0 spiro atoms. The molecule has 1 aromatic heterocycles. The Morgan fingerprint density at radius 1 is 1.00 bits per heavy atom. The molecule has 0 amide bonds. The van der Waals surface area contributed by atoms with Crippen molar-refractivity contribution in [1.29, 1.82) is 0 Å². The summed E-state index contributed by atoms with van der Waals surface area (Å²) in [6, 6.07) is 18.4. The first kappa shape index (κ1) is 17.2. The van der Waals surface area contributed by atoms with Gasteiger partial charge in [-0.3, -0.25) is 9.10 Å². The van der Waals surface area contributed by atoms with Crippen molar-refractivity contribution in [3.63, 3.8) is 0 Å². The molecule has 0 N–H and O–H groups in total. The number of carbonyl (C=O) groups excluding carboxylic acids is 1. The van der Waals surface area contributed by atoms with E-state index in [1.54, 1.807) is 35.6 Å². The van der Waals surface area contributed by atoms with Crippen LogP contribution in [0.15, 0.2) is 70.9 Å². The summed E-state index contributed by atoms with van der Waals surface area (Å²) in [6.07, 6.45) is 0. The fraction of sp³-hybridized carbons (Fsp3) is 0.0952. The molecule has 4 aromatic rings. The van der Waals surface area contributed by atoms with Gasteiger partial charge in [0.2, 0.25) is 0 Å². The Balaban J connectivity index is 1.39. The molecular formula is C21H15NO4S2. The fourth-order valence-corrected chi connectivity index (χ4v) is 6.20. The van der Waals surface area contributed by atoms with E-state index in [4.69, 9.17) is 4.74 Å². The van der Waals surface area contributed by atoms with Crippen LogP contribution in [0.1, 0.15) is 5.56 Å². The molecule has 5 nitrogen and oxygen atoms in total. The summed E-state index contributed by atoms with van der Waals surface area (Å²) >= 11 is 1.59. The van der Waals surface area contributed by atoms with E-state index in [1.165, 1.54) is 0 Å². The lowest BCUT2D eigenvalue weighted by atomic mass is 10.1. The van der Waals surface area contributed by atoms with Gasteiger partial charge in [0.05, 0.1) is 10.6 Å². The van der Waals surface area contributed by atoms with Gasteiger partial charge in [-0.1, -0.05) is 42.5 Å². The number of anilines is 1. The zero-order chi connectivity index (χ0) is 19.3. The molecule has 1 aliphatic heterocycles. The van der Waals surface area contributed by atoms with Crippen LogP contribution >= 0.6 is 11.3 Å². The maximum atomic E-state index is 12.9. The minimum Gasteiger partial charge on any atom is -0.459 e. The van der Waals surface area contributed by atoms with Gasteiger partial charge in [0.25, 0.3) is 10.0 Å². The number of carbonyl (C=O) groups is 1. The number of rotatable bonds is 4. The van der Waals surface area contributed by atoms with Crippen LogP contribution in [0.2, 0.25) is 0 Å². The number of fused-ring (bicyclic) bond motifs is 1. The average molecular weight is 409 g/mol. The summed E-state index contributed by atoms with van der Waals surface area (Å²) in [5, 5.41) is 4.49. The van der Waals surface area contributed by atoms with Gasteiger partial charge in [0, 0.05) is 15.6 Å². The van der Waals surface area contributed by atoms with Gasteiger partial charge in [-0.2, -0.15) is 0 Å². The third-order valence-corrected chi connectivity index (χ3v) is 7.72. The highest BCUT2D eigenvalue weighted by atomic mass is 32.2. The molecule has 0 saturated carbocycles. The highest BCUT2D eigenvalue weighted by Gasteiger charge is 2.36.